The monoisotopic (exact) mass is 307 g/mol. The van der Waals surface area contributed by atoms with Crippen LogP contribution < -0.4 is 4.74 Å². The lowest BCUT2D eigenvalue weighted by Crippen LogP contribution is -2.08. The van der Waals surface area contributed by atoms with E-state index in [1.807, 2.05) is 0 Å². The van der Waals surface area contributed by atoms with Crippen molar-refractivity contribution in [3.8, 4) is 5.88 Å². The highest BCUT2D eigenvalue weighted by Gasteiger charge is 2.03. The number of hydrogen-bond donors (Lipinski definition) is 0. The molecular weight excluding hydrogens is 293 g/mol. The fraction of sp³-hybridized carbons (Fsp3) is 0.545. The van der Waals surface area contributed by atoms with Crippen LogP contribution in [0.25, 0.3) is 0 Å². The first-order chi connectivity index (χ1) is 7.74. The number of ether oxygens (including phenoxy) is 2. The Morgan fingerprint density at radius 2 is 2.19 bits per heavy atom. The Labute approximate surface area is 109 Å². The van der Waals surface area contributed by atoms with E-state index in [4.69, 9.17) is 21.1 Å². The van der Waals surface area contributed by atoms with Crippen molar-refractivity contribution in [1.82, 2.24) is 4.98 Å². The highest BCUT2D eigenvalue weighted by Crippen LogP contribution is 2.24. The molecule has 5 heteroatoms. The quantitative estimate of drug-likeness (QED) is 0.720. The third kappa shape index (κ3) is 5.14. The van der Waals surface area contributed by atoms with E-state index in [0.717, 1.165) is 23.9 Å². The molecule has 0 radical (unpaired) electrons. The van der Waals surface area contributed by atoms with Crippen molar-refractivity contribution in [3.05, 3.63) is 21.8 Å². The van der Waals surface area contributed by atoms with Crippen LogP contribution in [0.3, 0.4) is 0 Å². The van der Waals surface area contributed by atoms with Crippen molar-refractivity contribution in [1.29, 1.82) is 0 Å². The summed E-state index contributed by atoms with van der Waals surface area (Å²) >= 11 is 9.09. The van der Waals surface area contributed by atoms with Crippen LogP contribution in [0.1, 0.15) is 19.8 Å². The molecule has 0 atom stereocenters. The summed E-state index contributed by atoms with van der Waals surface area (Å²) in [5.41, 5.74) is 0. The molecule has 0 unspecified atom stereocenters. The van der Waals surface area contributed by atoms with Crippen LogP contribution in [0.4, 0.5) is 0 Å². The van der Waals surface area contributed by atoms with Gasteiger partial charge < -0.3 is 9.47 Å². The molecule has 0 spiro atoms. The Morgan fingerprint density at radius 3 is 2.88 bits per heavy atom. The molecule has 16 heavy (non-hydrogen) atoms. The molecule has 0 aliphatic rings. The molecule has 0 bridgehead atoms. The van der Waals surface area contributed by atoms with Gasteiger partial charge in [0.25, 0.3) is 0 Å². The summed E-state index contributed by atoms with van der Waals surface area (Å²) < 4.78 is 11.6. The van der Waals surface area contributed by atoms with E-state index in [0.29, 0.717) is 24.1 Å². The minimum atomic E-state index is 0.497. The average molecular weight is 309 g/mol. The van der Waals surface area contributed by atoms with Crippen molar-refractivity contribution in [3.63, 3.8) is 0 Å². The molecule has 90 valence electrons. The molecule has 1 aromatic rings. The minimum absolute atomic E-state index is 0.497. The van der Waals surface area contributed by atoms with Crippen LogP contribution in [0.15, 0.2) is 16.7 Å². The number of halogens is 2. The Hall–Kier alpha value is -0.320. The first-order valence-corrected chi connectivity index (χ1v) is 6.42. The molecule has 3 nitrogen and oxygen atoms in total. The fourth-order valence-corrected chi connectivity index (χ4v) is 1.81. The fourth-order valence-electron chi connectivity index (χ4n) is 1.05. The third-order valence-electron chi connectivity index (χ3n) is 1.88. The van der Waals surface area contributed by atoms with Gasteiger partial charge in [-0.2, -0.15) is 0 Å². The van der Waals surface area contributed by atoms with Crippen molar-refractivity contribution < 1.29 is 9.47 Å². The maximum absolute atomic E-state index is 5.76. The Morgan fingerprint density at radius 1 is 1.38 bits per heavy atom. The van der Waals surface area contributed by atoms with Gasteiger partial charge >= 0.3 is 0 Å². The number of nitrogens with zero attached hydrogens (tertiary/aromatic N) is 1. The van der Waals surface area contributed by atoms with Crippen molar-refractivity contribution in [2.45, 2.75) is 19.8 Å². The Bertz CT molecular complexity index is 323. The molecule has 1 aromatic heterocycles. The van der Waals surface area contributed by atoms with Gasteiger partial charge in [0, 0.05) is 12.8 Å². The number of pyridine rings is 1. The van der Waals surface area contributed by atoms with E-state index in [9.17, 15) is 0 Å². The standard InChI is InChI=1S/C11H15BrClNO2/c1-2-3-4-15-5-6-16-11-10(12)7-9(13)8-14-11/h7-8H,2-6H2,1H3. The molecule has 0 aliphatic carbocycles. The lowest BCUT2D eigenvalue weighted by molar-refractivity contribution is 0.0962. The Kier molecular flexibility index (Phi) is 6.76. The highest BCUT2D eigenvalue weighted by atomic mass is 79.9. The molecular formula is C11H15BrClNO2. The lowest BCUT2D eigenvalue weighted by atomic mass is 10.4. The largest absolute Gasteiger partial charge is 0.474 e. The molecule has 0 saturated heterocycles. The van der Waals surface area contributed by atoms with E-state index in [1.54, 1.807) is 12.3 Å². The number of unbranched alkanes of at least 4 members (excludes halogenated alkanes) is 1. The number of hydrogen-bond acceptors (Lipinski definition) is 3. The third-order valence-corrected chi connectivity index (χ3v) is 2.66. The molecule has 1 rings (SSSR count). The SMILES string of the molecule is CCCCOCCOc1ncc(Cl)cc1Br. The first kappa shape index (κ1) is 13.7. The molecule has 0 aliphatic heterocycles. The maximum Gasteiger partial charge on any atom is 0.228 e. The first-order valence-electron chi connectivity index (χ1n) is 5.25. The van der Waals surface area contributed by atoms with Crippen LogP contribution in [0.5, 0.6) is 5.88 Å². The van der Waals surface area contributed by atoms with Gasteiger partial charge in [-0.05, 0) is 28.4 Å². The van der Waals surface area contributed by atoms with E-state index >= 15 is 0 Å². The summed E-state index contributed by atoms with van der Waals surface area (Å²) in [6.45, 7) is 4.00. The van der Waals surface area contributed by atoms with E-state index in [2.05, 4.69) is 27.8 Å². The van der Waals surface area contributed by atoms with Gasteiger partial charge in [-0.3, -0.25) is 0 Å². The van der Waals surface area contributed by atoms with E-state index in [1.165, 1.54) is 0 Å². The zero-order valence-electron chi connectivity index (χ0n) is 9.21. The smallest absolute Gasteiger partial charge is 0.228 e. The minimum Gasteiger partial charge on any atom is -0.474 e. The molecule has 0 fully saturated rings. The van der Waals surface area contributed by atoms with Gasteiger partial charge in [0.2, 0.25) is 5.88 Å². The molecule has 0 aromatic carbocycles. The summed E-state index contributed by atoms with van der Waals surface area (Å²) in [7, 11) is 0. The second kappa shape index (κ2) is 7.87. The van der Waals surface area contributed by atoms with Gasteiger partial charge in [0.15, 0.2) is 0 Å². The number of rotatable bonds is 7. The second-order valence-corrected chi connectivity index (χ2v) is 4.55. The summed E-state index contributed by atoms with van der Waals surface area (Å²) in [4.78, 5) is 4.06. The normalized spacial score (nSPS) is 10.4. The average Bonchev–Trinajstić information content (AvgIpc) is 2.26. The second-order valence-electron chi connectivity index (χ2n) is 3.25. The predicted octanol–water partition coefficient (Wildman–Crippen LogP) is 3.69. The van der Waals surface area contributed by atoms with Gasteiger partial charge in [-0.25, -0.2) is 4.98 Å². The van der Waals surface area contributed by atoms with Crippen LogP contribution in [-0.2, 0) is 4.74 Å². The van der Waals surface area contributed by atoms with Crippen LogP contribution in [-0.4, -0.2) is 24.8 Å². The maximum atomic E-state index is 5.76. The van der Waals surface area contributed by atoms with Crippen LogP contribution in [0.2, 0.25) is 5.02 Å². The van der Waals surface area contributed by atoms with Crippen molar-refractivity contribution in [2.24, 2.45) is 0 Å². The topological polar surface area (TPSA) is 31.4 Å². The predicted molar refractivity (Wildman–Crippen MR) is 68.2 cm³/mol. The Balaban J connectivity index is 2.21. The van der Waals surface area contributed by atoms with Crippen LogP contribution in [0, 0.1) is 0 Å². The molecule has 0 saturated carbocycles. The van der Waals surface area contributed by atoms with Crippen molar-refractivity contribution >= 4 is 27.5 Å². The zero-order chi connectivity index (χ0) is 11.8. The van der Waals surface area contributed by atoms with Crippen LogP contribution >= 0.6 is 27.5 Å². The van der Waals surface area contributed by atoms with E-state index < -0.39 is 0 Å². The summed E-state index contributed by atoms with van der Waals surface area (Å²) in [5.74, 6) is 0.545. The van der Waals surface area contributed by atoms with Gasteiger partial charge in [0.1, 0.15) is 6.61 Å². The van der Waals surface area contributed by atoms with Gasteiger partial charge in [0.05, 0.1) is 16.1 Å². The van der Waals surface area contributed by atoms with Crippen molar-refractivity contribution in [2.75, 3.05) is 19.8 Å². The van der Waals surface area contributed by atoms with E-state index in [-0.39, 0.29) is 0 Å². The summed E-state index contributed by atoms with van der Waals surface area (Å²) in [6, 6.07) is 1.75. The lowest BCUT2D eigenvalue weighted by Gasteiger charge is -2.07. The highest BCUT2D eigenvalue weighted by molar-refractivity contribution is 9.10. The number of aromatic nitrogens is 1. The summed E-state index contributed by atoms with van der Waals surface area (Å²) in [5, 5.41) is 0.582. The molecule has 1 heterocycles. The van der Waals surface area contributed by atoms with Gasteiger partial charge in [-0.1, -0.05) is 24.9 Å². The molecule has 0 amide bonds. The molecule has 0 N–H and O–H groups in total. The summed E-state index contributed by atoms with van der Waals surface area (Å²) in [6.07, 6.45) is 3.79. The van der Waals surface area contributed by atoms with Gasteiger partial charge in [-0.15, -0.1) is 0 Å². The zero-order valence-corrected chi connectivity index (χ0v) is 11.6.